The number of hydrogen-bond donors (Lipinski definition) is 3. The van der Waals surface area contributed by atoms with Crippen LogP contribution >= 0.6 is 0 Å². The smallest absolute Gasteiger partial charge is 0.144 e. The number of anilines is 2. The Kier molecular flexibility index (Phi) is 9.21. The van der Waals surface area contributed by atoms with Gasteiger partial charge in [0.15, 0.2) is 0 Å². The van der Waals surface area contributed by atoms with Crippen molar-refractivity contribution in [1.29, 1.82) is 0 Å². The zero-order chi connectivity index (χ0) is 34.8. The van der Waals surface area contributed by atoms with Crippen LogP contribution in [0.4, 0.5) is 20.2 Å². The van der Waals surface area contributed by atoms with Crippen LogP contribution in [0.15, 0.2) is 127 Å². The summed E-state index contributed by atoms with van der Waals surface area (Å²) in [6.07, 6.45) is 0. The van der Waals surface area contributed by atoms with E-state index in [2.05, 4.69) is 5.32 Å². The molecule has 0 amide bonds. The average Bonchev–Trinajstić information content (AvgIpc) is 3.45. The molecule has 0 saturated carbocycles. The van der Waals surface area contributed by atoms with Gasteiger partial charge in [-0.25, -0.2) is 8.78 Å². The number of aromatic hydroxyl groups is 2. The number of phenolic OH excluding ortho intramolecular Hbond substituents is 2. The number of hydrogen-bond acceptors (Lipinski definition) is 5. The maximum Gasteiger partial charge on any atom is 0.144 e. The van der Waals surface area contributed by atoms with Crippen LogP contribution in [0.1, 0.15) is 11.1 Å². The minimum atomic E-state index is -0.455. The Labute approximate surface area is 290 Å². The number of likely N-dealkylation sites (N-methyl/N-ethyl adjacent to an activating group) is 2. The number of nitrogens with zero attached hydrogens (tertiary/aromatic N) is 3. The molecule has 0 fully saturated rings. The van der Waals surface area contributed by atoms with Crippen LogP contribution in [-0.2, 0) is 13.1 Å². The van der Waals surface area contributed by atoms with Gasteiger partial charge >= 0.3 is 0 Å². The molecule has 0 aliphatic carbocycles. The van der Waals surface area contributed by atoms with Crippen LogP contribution < -0.4 is 5.32 Å². The monoisotopic (exact) mass is 668 g/mol. The predicted molar refractivity (Wildman–Crippen MR) is 198 cm³/mol. The third-order valence-electron chi connectivity index (χ3n) is 9.13. The molecule has 50 heavy (non-hydrogen) atoms. The summed E-state index contributed by atoms with van der Waals surface area (Å²) in [7, 11) is 3.81. The van der Waals surface area contributed by atoms with Crippen LogP contribution in [0.25, 0.3) is 38.6 Å². The lowest BCUT2D eigenvalue weighted by Crippen LogP contribution is -2.30. The van der Waals surface area contributed by atoms with Crippen LogP contribution in [-0.4, -0.2) is 51.8 Å². The Balaban J connectivity index is 1.05. The second-order valence-electron chi connectivity index (χ2n) is 12.8. The minimum Gasteiger partial charge on any atom is -0.505 e. The highest BCUT2D eigenvalue weighted by Gasteiger charge is 2.19. The number of benzene rings is 6. The highest BCUT2D eigenvalue weighted by Crippen LogP contribution is 2.38. The topological polar surface area (TPSA) is 63.9 Å². The van der Waals surface area contributed by atoms with Crippen LogP contribution in [0, 0.1) is 11.6 Å². The number of para-hydroxylation sites is 3. The summed E-state index contributed by atoms with van der Waals surface area (Å²) < 4.78 is 31.9. The first kappa shape index (κ1) is 32.8. The molecule has 0 bridgehead atoms. The molecule has 0 aliphatic heterocycles. The molecule has 3 N–H and O–H groups in total. The lowest BCUT2D eigenvalue weighted by Gasteiger charge is -2.24. The van der Waals surface area contributed by atoms with Gasteiger partial charge < -0.3 is 29.9 Å². The molecule has 1 aromatic heterocycles. The molecule has 0 atom stereocenters. The van der Waals surface area contributed by atoms with E-state index in [1.54, 1.807) is 0 Å². The number of aromatic nitrogens is 1. The SMILES string of the molecule is CN(CCN(C)Cc1cc(F)cc(-n2c3ccccc3c3ccccc32)c1O)Cc1cc(F)cc(Nc2ccccc2-c2ccccc2)c1O. The minimum absolute atomic E-state index is 0.0169. The standard InChI is InChI=1S/C42H38F2N4O2/c1-46(26-29-22-31(43)24-37(41(29)49)45-36-17-9-6-14-33(36)28-12-4-3-5-13-28)20-21-47(2)27-30-23-32(44)25-40(42(30)50)48-38-18-10-7-15-34(38)35-16-8-11-19-39(35)48/h3-19,22-25,45,49-50H,20-21,26-27H2,1-2H3. The zero-order valence-corrected chi connectivity index (χ0v) is 27.9. The van der Waals surface area contributed by atoms with E-state index in [9.17, 15) is 14.6 Å². The van der Waals surface area contributed by atoms with Gasteiger partial charge in [0, 0.05) is 71.5 Å². The Morgan fingerprint density at radius 3 is 1.74 bits per heavy atom. The number of fused-ring (bicyclic) bond motifs is 3. The van der Waals surface area contributed by atoms with Crippen molar-refractivity contribution in [2.24, 2.45) is 0 Å². The lowest BCUT2D eigenvalue weighted by molar-refractivity contribution is 0.243. The zero-order valence-electron chi connectivity index (χ0n) is 27.9. The quantitative estimate of drug-likeness (QED) is 0.120. The summed E-state index contributed by atoms with van der Waals surface area (Å²) in [5, 5.41) is 28.0. The Morgan fingerprint density at radius 1 is 0.580 bits per heavy atom. The Morgan fingerprint density at radius 2 is 1.10 bits per heavy atom. The largest absolute Gasteiger partial charge is 0.505 e. The highest BCUT2D eigenvalue weighted by atomic mass is 19.1. The summed E-state index contributed by atoms with van der Waals surface area (Å²) in [6.45, 7) is 1.75. The molecule has 0 saturated heterocycles. The number of nitrogens with one attached hydrogen (secondary N) is 1. The van der Waals surface area contributed by atoms with E-state index in [0.717, 1.165) is 38.6 Å². The molecule has 1 heterocycles. The average molecular weight is 669 g/mol. The molecule has 7 aromatic rings. The maximum atomic E-state index is 15.1. The molecule has 0 spiro atoms. The fourth-order valence-corrected chi connectivity index (χ4v) is 6.67. The van der Waals surface area contributed by atoms with Crippen molar-refractivity contribution >= 4 is 33.2 Å². The molecule has 0 unspecified atom stereocenters. The van der Waals surface area contributed by atoms with E-state index < -0.39 is 11.6 Å². The Bertz CT molecular complexity index is 2250. The number of halogens is 2. The molecule has 7 rings (SSSR count). The lowest BCUT2D eigenvalue weighted by atomic mass is 10.0. The van der Waals surface area contributed by atoms with E-state index in [-0.39, 0.29) is 17.2 Å². The van der Waals surface area contributed by atoms with Crippen LogP contribution in [0.2, 0.25) is 0 Å². The van der Waals surface area contributed by atoms with Gasteiger partial charge in [0.25, 0.3) is 0 Å². The maximum absolute atomic E-state index is 15.1. The van der Waals surface area contributed by atoms with Gasteiger partial charge in [0.05, 0.1) is 22.4 Å². The summed E-state index contributed by atoms with van der Waals surface area (Å²) in [5.41, 5.74) is 6.06. The summed E-state index contributed by atoms with van der Waals surface area (Å²) >= 11 is 0. The second-order valence-corrected chi connectivity index (χ2v) is 12.8. The fraction of sp³-hybridized carbons (Fsp3) is 0.143. The second kappa shape index (κ2) is 14.0. The molecule has 6 aromatic carbocycles. The molecular formula is C42H38F2N4O2. The normalized spacial score (nSPS) is 11.6. The first-order chi connectivity index (χ1) is 24.3. The fourth-order valence-electron chi connectivity index (χ4n) is 6.67. The molecule has 0 radical (unpaired) electrons. The van der Waals surface area contributed by atoms with E-state index in [1.165, 1.54) is 24.3 Å². The van der Waals surface area contributed by atoms with Crippen molar-refractivity contribution < 1.29 is 19.0 Å². The van der Waals surface area contributed by atoms with Crippen LogP contribution in [0.5, 0.6) is 11.5 Å². The van der Waals surface area contributed by atoms with Gasteiger partial charge in [-0.15, -0.1) is 0 Å². The van der Waals surface area contributed by atoms with Gasteiger partial charge in [0.2, 0.25) is 0 Å². The van der Waals surface area contributed by atoms with Crippen LogP contribution in [0.3, 0.4) is 0 Å². The molecule has 0 aliphatic rings. The van der Waals surface area contributed by atoms with Crippen molar-refractivity contribution in [2.45, 2.75) is 13.1 Å². The van der Waals surface area contributed by atoms with Crippen molar-refractivity contribution in [3.05, 3.63) is 150 Å². The highest BCUT2D eigenvalue weighted by molar-refractivity contribution is 6.09. The van der Waals surface area contributed by atoms with Gasteiger partial charge in [-0.2, -0.15) is 0 Å². The van der Waals surface area contributed by atoms with Gasteiger partial charge in [-0.1, -0.05) is 84.9 Å². The third kappa shape index (κ3) is 6.63. The first-order valence-electron chi connectivity index (χ1n) is 16.6. The van der Waals surface area contributed by atoms with E-state index >= 15 is 4.39 Å². The Hall–Kier alpha value is -5.70. The van der Waals surface area contributed by atoms with Crippen molar-refractivity contribution in [3.8, 4) is 28.3 Å². The van der Waals surface area contributed by atoms with Crippen molar-refractivity contribution in [1.82, 2.24) is 14.4 Å². The van der Waals surface area contributed by atoms with Gasteiger partial charge in [-0.05, 0) is 50.0 Å². The predicted octanol–water partition coefficient (Wildman–Crippen LogP) is 9.45. The van der Waals surface area contributed by atoms with E-state index in [4.69, 9.17) is 0 Å². The molecular weight excluding hydrogens is 630 g/mol. The number of phenols is 2. The first-order valence-corrected chi connectivity index (χ1v) is 16.6. The third-order valence-corrected chi connectivity index (χ3v) is 9.13. The number of rotatable bonds is 11. The van der Waals surface area contributed by atoms with E-state index in [0.29, 0.717) is 43.0 Å². The molecule has 8 heteroatoms. The van der Waals surface area contributed by atoms with Gasteiger partial charge in [0.1, 0.15) is 23.1 Å². The summed E-state index contributed by atoms with van der Waals surface area (Å²) in [4.78, 5) is 3.99. The van der Waals surface area contributed by atoms with E-state index in [1.807, 2.05) is 132 Å². The van der Waals surface area contributed by atoms with Gasteiger partial charge in [-0.3, -0.25) is 0 Å². The van der Waals surface area contributed by atoms with Crippen molar-refractivity contribution in [2.75, 3.05) is 32.5 Å². The van der Waals surface area contributed by atoms with Crippen molar-refractivity contribution in [3.63, 3.8) is 0 Å². The summed E-state index contributed by atoms with van der Waals surface area (Å²) in [5.74, 6) is -0.880. The summed E-state index contributed by atoms with van der Waals surface area (Å²) in [6, 6.07) is 38.8. The molecule has 6 nitrogen and oxygen atoms in total. The molecule has 252 valence electrons.